The lowest BCUT2D eigenvalue weighted by Gasteiger charge is -2.28. The van der Waals surface area contributed by atoms with Crippen LogP contribution < -0.4 is 0 Å². The molecule has 9 heteroatoms. The number of rotatable bonds is 3. The van der Waals surface area contributed by atoms with Gasteiger partial charge in [-0.2, -0.15) is 0 Å². The quantitative estimate of drug-likeness (QED) is 0.495. The van der Waals surface area contributed by atoms with Crippen LogP contribution in [0.4, 0.5) is 0 Å². The summed E-state index contributed by atoms with van der Waals surface area (Å²) in [6.45, 7) is 12.1. The van der Waals surface area contributed by atoms with Crippen molar-refractivity contribution < 1.29 is 33.8 Å². The standard InChI is InChI=1S/C16H27O4P.HO3P/c1-15(2,3)12-9-11(7-8-21(18,19)20)10-13(14(12)17)16(4,5)6;1-4(2)3/h9-10,17H,7-8H2,1-6H3,(H2,18,19,20);(H-,1,2,3)/p+1. The van der Waals surface area contributed by atoms with Gasteiger partial charge >= 0.3 is 15.9 Å². The predicted octanol–water partition coefficient (Wildman–Crippen LogP) is 3.34. The Kier molecular flexibility index (Phi) is 8.44. The van der Waals surface area contributed by atoms with Crippen LogP contribution in [-0.2, 0) is 26.4 Å². The van der Waals surface area contributed by atoms with Crippen molar-refractivity contribution in [3.63, 3.8) is 0 Å². The Bertz CT molecular complexity index is 612. The Morgan fingerprint density at radius 2 is 1.28 bits per heavy atom. The van der Waals surface area contributed by atoms with Crippen LogP contribution in [-0.4, -0.2) is 30.8 Å². The molecule has 7 nitrogen and oxygen atoms in total. The molecule has 1 aromatic carbocycles. The normalized spacial score (nSPS) is 12.4. The fourth-order valence-corrected chi connectivity index (χ4v) is 2.81. The maximum Gasteiger partial charge on any atom is 0.692 e. The van der Waals surface area contributed by atoms with Crippen molar-refractivity contribution in [1.82, 2.24) is 0 Å². The molecule has 0 amide bonds. The molecule has 0 fully saturated rings. The molecule has 0 heterocycles. The number of aromatic hydroxyl groups is 1. The van der Waals surface area contributed by atoms with Crippen LogP contribution in [0.1, 0.15) is 58.2 Å². The molecule has 5 N–H and O–H groups in total. The van der Waals surface area contributed by atoms with Gasteiger partial charge in [-0.3, -0.25) is 4.57 Å². The van der Waals surface area contributed by atoms with Crippen molar-refractivity contribution in [2.24, 2.45) is 0 Å². The molecule has 25 heavy (non-hydrogen) atoms. The summed E-state index contributed by atoms with van der Waals surface area (Å²) in [6, 6.07) is 3.72. The van der Waals surface area contributed by atoms with Gasteiger partial charge in [-0.1, -0.05) is 53.7 Å². The van der Waals surface area contributed by atoms with E-state index in [1.807, 2.05) is 53.7 Å². The van der Waals surface area contributed by atoms with Crippen molar-refractivity contribution in [2.45, 2.75) is 58.8 Å². The van der Waals surface area contributed by atoms with Crippen LogP contribution in [0, 0.1) is 0 Å². The lowest BCUT2D eigenvalue weighted by molar-refractivity contribution is 0.373. The summed E-state index contributed by atoms with van der Waals surface area (Å²) in [7, 11) is -6.89. The van der Waals surface area contributed by atoms with Crippen molar-refractivity contribution in [2.75, 3.05) is 6.16 Å². The second kappa shape index (κ2) is 8.72. The summed E-state index contributed by atoms with van der Waals surface area (Å²) in [4.78, 5) is 32.3. The van der Waals surface area contributed by atoms with Gasteiger partial charge in [0.2, 0.25) is 0 Å². The topological polar surface area (TPSA) is 135 Å². The van der Waals surface area contributed by atoms with Gasteiger partial charge in [0.1, 0.15) is 5.75 Å². The van der Waals surface area contributed by atoms with Crippen LogP contribution in [0.25, 0.3) is 0 Å². The molecule has 0 aliphatic rings. The fraction of sp³-hybridized carbons (Fsp3) is 0.625. The van der Waals surface area contributed by atoms with Crippen molar-refractivity contribution in [3.8, 4) is 5.75 Å². The van der Waals surface area contributed by atoms with Gasteiger partial charge in [-0.05, 0) is 33.9 Å². The van der Waals surface area contributed by atoms with E-state index < -0.39 is 15.9 Å². The molecular weight excluding hydrogens is 366 g/mol. The highest BCUT2D eigenvalue weighted by atomic mass is 31.2. The van der Waals surface area contributed by atoms with Gasteiger partial charge in [0.05, 0.1) is 6.16 Å². The molecule has 0 aliphatic carbocycles. The van der Waals surface area contributed by atoms with E-state index >= 15 is 0 Å². The summed E-state index contributed by atoms with van der Waals surface area (Å²) in [5, 5.41) is 10.6. The molecular formula is C16H29O7P2+. The van der Waals surface area contributed by atoms with Gasteiger partial charge < -0.3 is 14.9 Å². The monoisotopic (exact) mass is 395 g/mol. The highest BCUT2D eigenvalue weighted by Gasteiger charge is 2.26. The van der Waals surface area contributed by atoms with Gasteiger partial charge in [-0.25, -0.2) is 0 Å². The predicted molar refractivity (Wildman–Crippen MR) is 98.2 cm³/mol. The molecule has 0 radical (unpaired) electrons. The lowest BCUT2D eigenvalue weighted by Crippen LogP contribution is -2.18. The van der Waals surface area contributed by atoms with Gasteiger partial charge in [0, 0.05) is 4.57 Å². The molecule has 0 atom stereocenters. The smallest absolute Gasteiger partial charge is 0.507 e. The molecule has 0 bridgehead atoms. The Morgan fingerprint density at radius 3 is 1.52 bits per heavy atom. The summed E-state index contributed by atoms with van der Waals surface area (Å²) >= 11 is 0. The minimum Gasteiger partial charge on any atom is -0.507 e. The van der Waals surface area contributed by atoms with E-state index in [9.17, 15) is 9.67 Å². The Balaban J connectivity index is 0.00000129. The minimum atomic E-state index is -4.02. The van der Waals surface area contributed by atoms with E-state index in [0.29, 0.717) is 6.42 Å². The number of benzene rings is 1. The maximum absolute atomic E-state index is 11.1. The fourth-order valence-electron chi connectivity index (χ4n) is 2.26. The second-order valence-electron chi connectivity index (χ2n) is 7.93. The van der Waals surface area contributed by atoms with E-state index in [1.54, 1.807) is 0 Å². The van der Waals surface area contributed by atoms with E-state index in [1.165, 1.54) is 0 Å². The average molecular weight is 395 g/mol. The Morgan fingerprint density at radius 1 is 0.960 bits per heavy atom. The molecule has 144 valence electrons. The average Bonchev–Trinajstić information content (AvgIpc) is 2.32. The summed E-state index contributed by atoms with van der Waals surface area (Å²) in [5.41, 5.74) is 2.02. The van der Waals surface area contributed by atoms with Crippen molar-refractivity contribution in [1.29, 1.82) is 0 Å². The molecule has 0 aromatic heterocycles. The number of phenolic OH excluding ortho intramolecular Hbond substituents is 1. The lowest BCUT2D eigenvalue weighted by atomic mass is 9.78. The third kappa shape index (κ3) is 9.45. The SMILES string of the molecule is CC(C)(C)c1cc(CCP(=O)(O)O)cc(C(C)(C)C)c1O.O=[P+](O)O. The van der Waals surface area contributed by atoms with Crippen molar-refractivity contribution in [3.05, 3.63) is 28.8 Å². The first-order chi connectivity index (χ1) is 10.9. The van der Waals surface area contributed by atoms with Crippen LogP contribution >= 0.6 is 15.9 Å². The molecule has 0 saturated carbocycles. The van der Waals surface area contributed by atoms with Crippen LogP contribution in [0.2, 0.25) is 0 Å². The third-order valence-corrected chi connectivity index (χ3v) is 4.28. The van der Waals surface area contributed by atoms with Crippen LogP contribution in [0.15, 0.2) is 12.1 Å². The van der Waals surface area contributed by atoms with Crippen LogP contribution in [0.3, 0.4) is 0 Å². The first kappa shape index (κ1) is 24.2. The number of hydrogen-bond acceptors (Lipinski definition) is 3. The largest absolute Gasteiger partial charge is 0.692 e. The zero-order valence-corrected chi connectivity index (χ0v) is 17.3. The maximum atomic E-state index is 11.1. The number of phenols is 1. The van der Waals surface area contributed by atoms with E-state index in [-0.39, 0.29) is 22.7 Å². The van der Waals surface area contributed by atoms with Crippen molar-refractivity contribution >= 4 is 15.9 Å². The van der Waals surface area contributed by atoms with E-state index in [0.717, 1.165) is 16.7 Å². The number of hydrogen-bond donors (Lipinski definition) is 5. The van der Waals surface area contributed by atoms with Crippen LogP contribution in [0.5, 0.6) is 5.75 Å². The molecule has 0 aliphatic heterocycles. The third-order valence-electron chi connectivity index (χ3n) is 3.48. The highest BCUT2D eigenvalue weighted by Crippen LogP contribution is 2.41. The summed E-state index contributed by atoms with van der Waals surface area (Å²) in [6.07, 6.45) is 0.127. The van der Waals surface area contributed by atoms with E-state index in [2.05, 4.69) is 0 Å². The molecule has 0 spiro atoms. The zero-order valence-electron chi connectivity index (χ0n) is 15.5. The Hall–Kier alpha value is -0.810. The molecule has 0 saturated heterocycles. The van der Waals surface area contributed by atoms with E-state index in [4.69, 9.17) is 24.1 Å². The summed E-state index contributed by atoms with van der Waals surface area (Å²) < 4.78 is 19.8. The summed E-state index contributed by atoms with van der Waals surface area (Å²) in [5.74, 6) is 0.287. The first-order valence-corrected chi connectivity index (χ1v) is 10.7. The molecule has 0 unspecified atom stereocenters. The Labute approximate surface area is 149 Å². The highest BCUT2D eigenvalue weighted by molar-refractivity contribution is 7.51. The molecule has 1 aromatic rings. The second-order valence-corrected chi connectivity index (χ2v) is 10.2. The van der Waals surface area contributed by atoms with Gasteiger partial charge in [0.15, 0.2) is 0 Å². The first-order valence-electron chi connectivity index (χ1n) is 7.71. The molecule has 1 rings (SSSR count). The zero-order chi connectivity index (χ0) is 20.2. The number of aryl methyl sites for hydroxylation is 1. The van der Waals surface area contributed by atoms with Gasteiger partial charge in [-0.15, -0.1) is 9.79 Å². The minimum absolute atomic E-state index is 0.176. The van der Waals surface area contributed by atoms with Gasteiger partial charge in [0.25, 0.3) is 0 Å².